The first kappa shape index (κ1) is 15.0. The normalized spacial score (nSPS) is 10.2. The Balaban J connectivity index is 2.23. The topological polar surface area (TPSA) is 68.3 Å². The highest BCUT2D eigenvalue weighted by molar-refractivity contribution is 7.14. The SMILES string of the molecule is CCOC(=O)c1ccsc1NC(=O)c1ccnc(F)c1F. The molecule has 0 spiro atoms. The molecule has 21 heavy (non-hydrogen) atoms. The number of hydrogen-bond donors (Lipinski definition) is 1. The number of rotatable bonds is 4. The van der Waals surface area contributed by atoms with E-state index in [1.165, 1.54) is 6.07 Å². The van der Waals surface area contributed by atoms with Crippen LogP contribution in [0, 0.1) is 11.8 Å². The Bertz CT molecular complexity index is 688. The molecule has 0 saturated heterocycles. The molecule has 0 aromatic carbocycles. The number of nitrogens with zero attached hydrogens (tertiary/aromatic N) is 1. The molecule has 110 valence electrons. The number of ether oxygens (including phenoxy) is 1. The molecule has 1 N–H and O–H groups in total. The molecule has 8 heteroatoms. The molecule has 2 heterocycles. The molecule has 0 fully saturated rings. The van der Waals surface area contributed by atoms with Crippen LogP contribution in [0.1, 0.15) is 27.6 Å². The van der Waals surface area contributed by atoms with Gasteiger partial charge in [0.15, 0.2) is 5.82 Å². The van der Waals surface area contributed by atoms with E-state index >= 15 is 0 Å². The van der Waals surface area contributed by atoms with E-state index in [1.54, 1.807) is 12.3 Å². The van der Waals surface area contributed by atoms with Gasteiger partial charge in [0.1, 0.15) is 5.00 Å². The Kier molecular flexibility index (Phi) is 4.59. The molecule has 0 unspecified atom stereocenters. The molecule has 1 amide bonds. The highest BCUT2D eigenvalue weighted by atomic mass is 32.1. The van der Waals surface area contributed by atoms with Crippen molar-refractivity contribution >= 4 is 28.2 Å². The van der Waals surface area contributed by atoms with Crippen molar-refractivity contribution in [1.82, 2.24) is 4.98 Å². The summed E-state index contributed by atoms with van der Waals surface area (Å²) in [7, 11) is 0. The maximum atomic E-state index is 13.5. The summed E-state index contributed by atoms with van der Waals surface area (Å²) in [6.07, 6.45) is 0.980. The molecule has 2 aromatic heterocycles. The van der Waals surface area contributed by atoms with E-state index < -0.39 is 29.2 Å². The van der Waals surface area contributed by atoms with Gasteiger partial charge in [-0.25, -0.2) is 14.2 Å². The average molecular weight is 312 g/mol. The van der Waals surface area contributed by atoms with E-state index in [0.717, 1.165) is 23.6 Å². The van der Waals surface area contributed by atoms with Gasteiger partial charge in [-0.05, 0) is 24.4 Å². The monoisotopic (exact) mass is 312 g/mol. The average Bonchev–Trinajstić information content (AvgIpc) is 2.90. The summed E-state index contributed by atoms with van der Waals surface area (Å²) < 4.78 is 31.3. The van der Waals surface area contributed by atoms with Crippen LogP contribution in [0.3, 0.4) is 0 Å². The van der Waals surface area contributed by atoms with E-state index in [9.17, 15) is 18.4 Å². The van der Waals surface area contributed by atoms with Crippen molar-refractivity contribution in [2.45, 2.75) is 6.92 Å². The van der Waals surface area contributed by atoms with Crippen LogP contribution in [-0.2, 0) is 4.74 Å². The van der Waals surface area contributed by atoms with Crippen molar-refractivity contribution in [3.63, 3.8) is 0 Å². The predicted octanol–water partition coefficient (Wildman–Crippen LogP) is 2.85. The van der Waals surface area contributed by atoms with Gasteiger partial charge in [0.05, 0.1) is 17.7 Å². The molecule has 2 aromatic rings. The molecular weight excluding hydrogens is 302 g/mol. The summed E-state index contributed by atoms with van der Waals surface area (Å²) in [4.78, 5) is 26.7. The Morgan fingerprint density at radius 3 is 2.81 bits per heavy atom. The van der Waals surface area contributed by atoms with Crippen LogP contribution in [-0.4, -0.2) is 23.5 Å². The zero-order valence-electron chi connectivity index (χ0n) is 10.9. The number of carbonyl (C=O) groups is 2. The van der Waals surface area contributed by atoms with Crippen LogP contribution in [0.2, 0.25) is 0 Å². The minimum atomic E-state index is -1.36. The summed E-state index contributed by atoms with van der Waals surface area (Å²) in [5.74, 6) is -4.18. The molecule has 0 atom stereocenters. The first-order chi connectivity index (χ1) is 10.0. The van der Waals surface area contributed by atoms with Gasteiger partial charge in [-0.2, -0.15) is 4.39 Å². The minimum Gasteiger partial charge on any atom is -0.462 e. The van der Waals surface area contributed by atoms with E-state index in [-0.39, 0.29) is 17.2 Å². The number of nitrogens with one attached hydrogen (secondary N) is 1. The third kappa shape index (κ3) is 3.22. The smallest absolute Gasteiger partial charge is 0.341 e. The van der Waals surface area contributed by atoms with Crippen molar-refractivity contribution in [3.05, 3.63) is 46.6 Å². The second-order valence-electron chi connectivity index (χ2n) is 3.80. The molecule has 0 radical (unpaired) electrons. The maximum Gasteiger partial charge on any atom is 0.341 e. The van der Waals surface area contributed by atoms with E-state index in [0.29, 0.717) is 0 Å². The number of thiophene rings is 1. The number of pyridine rings is 1. The van der Waals surface area contributed by atoms with Crippen molar-refractivity contribution in [1.29, 1.82) is 0 Å². The van der Waals surface area contributed by atoms with Gasteiger partial charge >= 0.3 is 5.97 Å². The minimum absolute atomic E-state index is 0.158. The lowest BCUT2D eigenvalue weighted by Crippen LogP contribution is -2.16. The Hall–Kier alpha value is -2.35. The Labute approximate surface area is 122 Å². The van der Waals surface area contributed by atoms with Gasteiger partial charge in [-0.3, -0.25) is 4.79 Å². The second kappa shape index (κ2) is 6.40. The fourth-order valence-electron chi connectivity index (χ4n) is 1.54. The summed E-state index contributed by atoms with van der Waals surface area (Å²) >= 11 is 1.07. The fraction of sp³-hybridized carbons (Fsp3) is 0.154. The lowest BCUT2D eigenvalue weighted by Gasteiger charge is -2.06. The van der Waals surface area contributed by atoms with Crippen molar-refractivity contribution in [3.8, 4) is 0 Å². The Morgan fingerprint density at radius 2 is 2.10 bits per heavy atom. The van der Waals surface area contributed by atoms with E-state index in [4.69, 9.17) is 4.74 Å². The summed E-state index contributed by atoms with van der Waals surface area (Å²) in [6.45, 7) is 1.84. The highest BCUT2D eigenvalue weighted by Gasteiger charge is 2.20. The van der Waals surface area contributed by atoms with E-state index in [1.807, 2.05) is 0 Å². The Morgan fingerprint density at radius 1 is 1.33 bits per heavy atom. The first-order valence-electron chi connectivity index (χ1n) is 5.90. The second-order valence-corrected chi connectivity index (χ2v) is 4.72. The molecule has 0 aliphatic carbocycles. The number of hydrogen-bond acceptors (Lipinski definition) is 5. The molecule has 0 saturated carbocycles. The third-order valence-electron chi connectivity index (χ3n) is 2.48. The number of amides is 1. The van der Waals surface area contributed by atoms with Gasteiger partial charge in [0.25, 0.3) is 5.91 Å². The van der Waals surface area contributed by atoms with Crippen LogP contribution < -0.4 is 5.32 Å². The lowest BCUT2D eigenvalue weighted by molar-refractivity contribution is 0.0528. The largest absolute Gasteiger partial charge is 0.462 e. The number of aromatic nitrogens is 1. The fourth-order valence-corrected chi connectivity index (χ4v) is 2.31. The first-order valence-corrected chi connectivity index (χ1v) is 6.78. The van der Waals surface area contributed by atoms with E-state index in [2.05, 4.69) is 10.3 Å². The van der Waals surface area contributed by atoms with Gasteiger partial charge in [0, 0.05) is 6.20 Å². The molecule has 0 aliphatic rings. The zero-order valence-corrected chi connectivity index (χ0v) is 11.7. The maximum absolute atomic E-state index is 13.5. The van der Waals surface area contributed by atoms with Crippen LogP contribution in [0.5, 0.6) is 0 Å². The lowest BCUT2D eigenvalue weighted by atomic mass is 10.2. The predicted molar refractivity (Wildman–Crippen MR) is 72.4 cm³/mol. The quantitative estimate of drug-likeness (QED) is 0.696. The highest BCUT2D eigenvalue weighted by Crippen LogP contribution is 2.25. The number of anilines is 1. The van der Waals surface area contributed by atoms with Gasteiger partial charge in [-0.1, -0.05) is 0 Å². The number of carbonyl (C=O) groups excluding carboxylic acids is 2. The molecule has 5 nitrogen and oxygen atoms in total. The van der Waals surface area contributed by atoms with Gasteiger partial charge < -0.3 is 10.1 Å². The molecular formula is C13H10F2N2O3S. The number of esters is 1. The molecule has 2 rings (SSSR count). The third-order valence-corrected chi connectivity index (χ3v) is 3.31. The summed E-state index contributed by atoms with van der Waals surface area (Å²) in [5, 5.41) is 4.14. The van der Waals surface area contributed by atoms with Crippen molar-refractivity contribution < 1.29 is 23.1 Å². The van der Waals surface area contributed by atoms with Gasteiger partial charge in [-0.15, -0.1) is 11.3 Å². The van der Waals surface area contributed by atoms with Gasteiger partial charge in [0.2, 0.25) is 5.95 Å². The van der Waals surface area contributed by atoms with Crippen LogP contribution in [0.25, 0.3) is 0 Å². The van der Waals surface area contributed by atoms with Crippen LogP contribution in [0.15, 0.2) is 23.7 Å². The summed E-state index contributed by atoms with van der Waals surface area (Å²) in [6, 6.07) is 2.52. The summed E-state index contributed by atoms with van der Waals surface area (Å²) in [5.41, 5.74) is -0.337. The van der Waals surface area contributed by atoms with Crippen LogP contribution >= 0.6 is 11.3 Å². The van der Waals surface area contributed by atoms with Crippen molar-refractivity contribution in [2.24, 2.45) is 0 Å². The number of halogens is 2. The standard InChI is InChI=1S/C13H10F2N2O3S/c1-2-20-13(19)8-4-6-21-12(8)17-11(18)7-3-5-16-10(15)9(7)14/h3-6H,2H2,1H3,(H,17,18). The molecule has 0 bridgehead atoms. The van der Waals surface area contributed by atoms with Crippen LogP contribution in [0.4, 0.5) is 13.8 Å². The zero-order chi connectivity index (χ0) is 15.4. The molecule has 0 aliphatic heterocycles. The van der Waals surface area contributed by atoms with Crippen molar-refractivity contribution in [2.75, 3.05) is 11.9 Å².